The molecule has 0 bridgehead atoms. The third-order valence-corrected chi connectivity index (χ3v) is 11.3. The molecule has 0 radical (unpaired) electrons. The molecule has 0 amide bonds. The molecule has 2 aromatic heterocycles. The monoisotopic (exact) mass is 618 g/mol. The molecule has 4 aromatic rings. The van der Waals surface area contributed by atoms with Gasteiger partial charge in [0.05, 0.1) is 37.8 Å². The van der Waals surface area contributed by atoms with Gasteiger partial charge in [-0.2, -0.15) is 0 Å². The van der Waals surface area contributed by atoms with E-state index < -0.39 is 21.3 Å². The lowest BCUT2D eigenvalue weighted by molar-refractivity contribution is 0.0977. The lowest BCUT2D eigenvalue weighted by Gasteiger charge is -2.25. The van der Waals surface area contributed by atoms with Crippen LogP contribution in [0.15, 0.2) is 54.6 Å². The van der Waals surface area contributed by atoms with Gasteiger partial charge in [-0.15, -0.1) is 11.3 Å². The topological polar surface area (TPSA) is 126 Å². The fourth-order valence-corrected chi connectivity index (χ4v) is 8.96. The van der Waals surface area contributed by atoms with E-state index in [9.17, 15) is 13.9 Å². The minimum atomic E-state index is -4.08. The molecule has 0 aliphatic carbocycles. The zero-order chi connectivity index (χ0) is 29.0. The van der Waals surface area contributed by atoms with Crippen LogP contribution in [0.25, 0.3) is 21.5 Å². The standard InChI is InChI=1S/C28H32N2O8P2S/c1-4-34-40(33,35-5-2)38-28(39(32)36-15-16-37-39)25-17-21-11-12-22(18-24(21)29-25)26(31)14-13-23-19(3)41-27(30-23)20-9-7-6-8-10-20/h6-12,17-18,28-29H,4-5,13-16H2,1-3H3. The molecular formula is C28H32N2O8P2S. The van der Waals surface area contributed by atoms with Gasteiger partial charge in [-0.05, 0) is 44.7 Å². The number of fused-ring (bicyclic) bond motifs is 1. The number of phosphoric ester groups is 1. The maximum atomic E-state index is 13.5. The van der Waals surface area contributed by atoms with Crippen molar-refractivity contribution in [1.29, 1.82) is 0 Å². The van der Waals surface area contributed by atoms with Gasteiger partial charge in [0.1, 0.15) is 5.01 Å². The Morgan fingerprint density at radius 2 is 1.80 bits per heavy atom. The highest BCUT2D eigenvalue weighted by atomic mass is 32.1. The molecule has 218 valence electrons. The Kier molecular flexibility index (Phi) is 9.38. The first-order valence-electron chi connectivity index (χ1n) is 13.4. The van der Waals surface area contributed by atoms with Crippen LogP contribution in [-0.4, -0.2) is 42.2 Å². The Labute approximate surface area is 242 Å². The number of benzene rings is 2. The van der Waals surface area contributed by atoms with Crippen LogP contribution in [0.4, 0.5) is 0 Å². The Hall–Kier alpha value is -2.46. The van der Waals surface area contributed by atoms with E-state index in [4.69, 9.17) is 27.6 Å². The van der Waals surface area contributed by atoms with Crippen LogP contribution in [0, 0.1) is 6.92 Å². The molecule has 1 atom stereocenters. The zero-order valence-electron chi connectivity index (χ0n) is 23.0. The summed E-state index contributed by atoms with van der Waals surface area (Å²) in [5, 5.41) is 1.68. The molecule has 1 aliphatic rings. The van der Waals surface area contributed by atoms with Crippen LogP contribution in [0.1, 0.15) is 52.7 Å². The second kappa shape index (κ2) is 12.8. The number of H-pyrrole nitrogens is 1. The average molecular weight is 619 g/mol. The van der Waals surface area contributed by atoms with Crippen LogP contribution < -0.4 is 0 Å². The van der Waals surface area contributed by atoms with Crippen LogP contribution >= 0.6 is 26.8 Å². The number of aromatic nitrogens is 2. The highest BCUT2D eigenvalue weighted by molar-refractivity contribution is 7.55. The number of nitrogens with one attached hydrogen (secondary N) is 1. The molecule has 13 heteroatoms. The molecule has 0 saturated carbocycles. The van der Waals surface area contributed by atoms with Gasteiger partial charge >= 0.3 is 15.4 Å². The normalized spacial score (nSPS) is 15.9. The lowest BCUT2D eigenvalue weighted by atomic mass is 10.0. The summed E-state index contributed by atoms with van der Waals surface area (Å²) in [6, 6.07) is 17.0. The minimum Gasteiger partial charge on any atom is -0.356 e. The van der Waals surface area contributed by atoms with Crippen LogP contribution in [0.3, 0.4) is 0 Å². The van der Waals surface area contributed by atoms with Gasteiger partial charge in [-0.1, -0.05) is 42.5 Å². The molecular weight excluding hydrogens is 586 g/mol. The molecule has 1 aliphatic heterocycles. The zero-order valence-corrected chi connectivity index (χ0v) is 25.6. The van der Waals surface area contributed by atoms with Gasteiger partial charge in [-0.3, -0.25) is 22.9 Å². The molecule has 5 rings (SSSR count). The second-order valence-electron chi connectivity index (χ2n) is 9.28. The summed E-state index contributed by atoms with van der Waals surface area (Å²) in [5.74, 6) is -1.41. The van der Waals surface area contributed by atoms with E-state index in [1.165, 1.54) is 0 Å². The molecule has 1 N–H and O–H groups in total. The summed E-state index contributed by atoms with van der Waals surface area (Å²) >= 11 is 1.62. The van der Waals surface area contributed by atoms with Crippen molar-refractivity contribution >= 4 is 43.4 Å². The SMILES string of the molecule is CCOP(=O)(OCC)OC(c1cc2ccc(C(=O)CCc3nc(-c4ccccc4)sc3C)cc2[nH]1)P1(=O)OCCO1. The van der Waals surface area contributed by atoms with Gasteiger partial charge in [0, 0.05) is 27.9 Å². The summed E-state index contributed by atoms with van der Waals surface area (Å²) in [7, 11) is -7.94. The van der Waals surface area contributed by atoms with Crippen LogP contribution in [0.5, 0.6) is 0 Å². The van der Waals surface area contributed by atoms with E-state index >= 15 is 0 Å². The predicted molar refractivity (Wildman–Crippen MR) is 157 cm³/mol. The number of thiazole rings is 1. The molecule has 0 spiro atoms. The smallest absolute Gasteiger partial charge is 0.356 e. The van der Waals surface area contributed by atoms with E-state index in [0.29, 0.717) is 29.6 Å². The second-order valence-corrected chi connectivity index (χ2v) is 14.2. The molecule has 1 fully saturated rings. The van der Waals surface area contributed by atoms with Crippen molar-refractivity contribution in [2.75, 3.05) is 26.4 Å². The number of hydrogen-bond donors (Lipinski definition) is 1. The van der Waals surface area contributed by atoms with E-state index in [-0.39, 0.29) is 32.2 Å². The van der Waals surface area contributed by atoms with Crippen molar-refractivity contribution in [2.45, 2.75) is 39.5 Å². The van der Waals surface area contributed by atoms with Crippen molar-refractivity contribution in [2.24, 2.45) is 0 Å². The largest absolute Gasteiger partial charge is 0.476 e. The molecule has 2 aromatic carbocycles. The van der Waals surface area contributed by atoms with E-state index in [1.807, 2.05) is 37.3 Å². The number of ketones is 1. The fourth-order valence-electron chi connectivity index (χ4n) is 4.52. The van der Waals surface area contributed by atoms with Crippen LogP contribution in [-0.2, 0) is 38.2 Å². The maximum absolute atomic E-state index is 13.5. The Balaban J connectivity index is 1.36. The van der Waals surface area contributed by atoms with E-state index in [1.54, 1.807) is 49.4 Å². The Morgan fingerprint density at radius 3 is 2.49 bits per heavy atom. The van der Waals surface area contributed by atoms with Gasteiger partial charge in [0.2, 0.25) is 5.85 Å². The first-order valence-corrected chi connectivity index (χ1v) is 17.3. The number of aryl methyl sites for hydroxylation is 2. The van der Waals surface area contributed by atoms with Crippen molar-refractivity contribution < 1.29 is 36.5 Å². The maximum Gasteiger partial charge on any atom is 0.476 e. The van der Waals surface area contributed by atoms with Gasteiger partial charge < -0.3 is 14.0 Å². The van der Waals surface area contributed by atoms with Crippen LogP contribution in [0.2, 0.25) is 0 Å². The third kappa shape index (κ3) is 6.79. The molecule has 1 unspecified atom stereocenters. The number of hydrogen-bond acceptors (Lipinski definition) is 10. The predicted octanol–water partition coefficient (Wildman–Crippen LogP) is 7.85. The number of nitrogens with zero attached hydrogens (tertiary/aromatic N) is 1. The van der Waals surface area contributed by atoms with Crippen molar-refractivity contribution in [1.82, 2.24) is 9.97 Å². The molecule has 41 heavy (non-hydrogen) atoms. The lowest BCUT2D eigenvalue weighted by Crippen LogP contribution is -2.09. The summed E-state index contributed by atoms with van der Waals surface area (Å²) in [4.78, 5) is 22.2. The number of carbonyl (C=O) groups excluding carboxylic acids is 1. The fraction of sp³-hybridized carbons (Fsp3) is 0.357. The number of carbonyl (C=O) groups is 1. The highest BCUT2D eigenvalue weighted by Gasteiger charge is 2.47. The number of phosphoric acid groups is 1. The van der Waals surface area contributed by atoms with E-state index in [2.05, 4.69) is 4.98 Å². The molecule has 10 nitrogen and oxygen atoms in total. The van der Waals surface area contributed by atoms with Gasteiger partial charge in [0.25, 0.3) is 0 Å². The minimum absolute atomic E-state index is 0.0306. The number of Topliss-reactive ketones (excluding diaryl/α,β-unsaturated/α-hetero) is 1. The first-order chi connectivity index (χ1) is 19.7. The average Bonchev–Trinajstić information content (AvgIpc) is 3.69. The van der Waals surface area contributed by atoms with Gasteiger partial charge in [-0.25, -0.2) is 9.55 Å². The van der Waals surface area contributed by atoms with Crippen molar-refractivity contribution in [3.63, 3.8) is 0 Å². The molecule has 3 heterocycles. The summed E-state index contributed by atoms with van der Waals surface area (Å²) in [6.07, 6.45) is 0.826. The highest BCUT2D eigenvalue weighted by Crippen LogP contribution is 2.69. The Morgan fingerprint density at radius 1 is 1.10 bits per heavy atom. The van der Waals surface area contributed by atoms with Crippen molar-refractivity contribution in [3.8, 4) is 10.6 Å². The summed E-state index contributed by atoms with van der Waals surface area (Å²) in [5.41, 5.74) is 3.42. The molecule has 1 saturated heterocycles. The van der Waals surface area contributed by atoms with Crippen molar-refractivity contribution in [3.05, 3.63) is 76.4 Å². The summed E-state index contributed by atoms with van der Waals surface area (Å²) < 4.78 is 53.8. The first kappa shape index (κ1) is 30.0. The summed E-state index contributed by atoms with van der Waals surface area (Å²) in [6.45, 7) is 5.64. The third-order valence-electron chi connectivity index (χ3n) is 6.45. The van der Waals surface area contributed by atoms with Gasteiger partial charge in [0.15, 0.2) is 5.78 Å². The number of aromatic amines is 1. The number of rotatable bonds is 13. The Bertz CT molecular complexity index is 1600. The van der Waals surface area contributed by atoms with E-state index in [0.717, 1.165) is 26.5 Å². The quantitative estimate of drug-likeness (QED) is 0.118.